The molecule has 3 rings (SSSR count). The Kier molecular flexibility index (Phi) is 12.5. The molecule has 12 nitrogen and oxygen atoms in total. The van der Waals surface area contributed by atoms with E-state index in [0.29, 0.717) is 18.7 Å². The number of hydrogen-bond acceptors (Lipinski definition) is 8. The van der Waals surface area contributed by atoms with E-state index < -0.39 is 64.7 Å². The van der Waals surface area contributed by atoms with Gasteiger partial charge < -0.3 is 26.0 Å². The molecule has 0 aliphatic carbocycles. The summed E-state index contributed by atoms with van der Waals surface area (Å²) < 4.78 is 18.7. The molecule has 0 bridgehead atoms. The van der Waals surface area contributed by atoms with Gasteiger partial charge in [-0.15, -0.1) is 0 Å². The summed E-state index contributed by atoms with van der Waals surface area (Å²) in [4.78, 5) is 82.8. The molecular weight excluding hydrogens is 597 g/mol. The number of ether oxygens (including phenoxy) is 1. The van der Waals surface area contributed by atoms with Crippen LogP contribution < -0.4 is 21.3 Å². The lowest BCUT2D eigenvalue weighted by Gasteiger charge is -2.32. The summed E-state index contributed by atoms with van der Waals surface area (Å²) in [6, 6.07) is 5.90. The number of nitrogens with one attached hydrogen (secondary N) is 4. The lowest BCUT2D eigenvalue weighted by molar-refractivity contribution is -0.133. The molecular formula is C33H42FN5O7. The number of amides is 4. The van der Waals surface area contributed by atoms with Crippen LogP contribution in [0.1, 0.15) is 69.9 Å². The van der Waals surface area contributed by atoms with Crippen molar-refractivity contribution in [2.24, 2.45) is 17.3 Å². The van der Waals surface area contributed by atoms with E-state index in [2.05, 4.69) is 26.3 Å². The highest BCUT2D eigenvalue weighted by Crippen LogP contribution is 2.21. The number of halogens is 1. The Hall–Kier alpha value is -4.68. The van der Waals surface area contributed by atoms with Crippen LogP contribution in [0.5, 0.6) is 0 Å². The number of hydrogen-bond donors (Lipinski definition) is 4. The highest BCUT2D eigenvalue weighted by molar-refractivity contribution is 6.45. The molecule has 2 heterocycles. The first-order chi connectivity index (χ1) is 21.6. The van der Waals surface area contributed by atoms with Gasteiger partial charge in [-0.25, -0.2) is 9.18 Å². The predicted molar refractivity (Wildman–Crippen MR) is 166 cm³/mol. The molecule has 4 N–H and O–H groups in total. The van der Waals surface area contributed by atoms with Crippen LogP contribution in [0.3, 0.4) is 0 Å². The summed E-state index contributed by atoms with van der Waals surface area (Å²) in [5.41, 5.74) is -0.356. The van der Waals surface area contributed by atoms with Crippen LogP contribution in [0.25, 0.3) is 0 Å². The summed E-state index contributed by atoms with van der Waals surface area (Å²) in [6.07, 6.45) is 1.13. The SMILES string of the molecule is CC(C)CC(NC(=O)[C@@H](NC(=O)OCc1ccccn1)C(C)(C)C)C(=O)NC(CC1CCNC1=O)C(=O)C(=O)c1ccc(F)cc1. The van der Waals surface area contributed by atoms with Gasteiger partial charge in [0.15, 0.2) is 0 Å². The number of nitrogens with zero attached hydrogens (tertiary/aromatic N) is 1. The average molecular weight is 640 g/mol. The van der Waals surface area contributed by atoms with Crippen molar-refractivity contribution in [3.8, 4) is 0 Å². The zero-order chi connectivity index (χ0) is 34.0. The highest BCUT2D eigenvalue weighted by Gasteiger charge is 2.38. The van der Waals surface area contributed by atoms with Crippen molar-refractivity contribution in [1.82, 2.24) is 26.3 Å². The monoisotopic (exact) mass is 639 g/mol. The van der Waals surface area contributed by atoms with Crippen molar-refractivity contribution >= 4 is 35.4 Å². The largest absolute Gasteiger partial charge is 0.443 e. The highest BCUT2D eigenvalue weighted by atomic mass is 19.1. The minimum Gasteiger partial charge on any atom is -0.443 e. The van der Waals surface area contributed by atoms with E-state index in [1.165, 1.54) is 12.1 Å². The summed E-state index contributed by atoms with van der Waals surface area (Å²) in [5, 5.41) is 10.5. The number of carbonyl (C=O) groups excluding carboxylic acids is 6. The van der Waals surface area contributed by atoms with E-state index in [4.69, 9.17) is 4.74 Å². The smallest absolute Gasteiger partial charge is 0.408 e. The van der Waals surface area contributed by atoms with Crippen molar-refractivity contribution in [2.45, 2.75) is 78.6 Å². The Morgan fingerprint density at radius 1 is 0.978 bits per heavy atom. The van der Waals surface area contributed by atoms with Gasteiger partial charge >= 0.3 is 6.09 Å². The molecule has 0 saturated carbocycles. The van der Waals surface area contributed by atoms with E-state index in [9.17, 15) is 33.2 Å². The van der Waals surface area contributed by atoms with Crippen LogP contribution in [0.4, 0.5) is 9.18 Å². The minimum absolute atomic E-state index is 0.0671. The molecule has 0 spiro atoms. The molecule has 1 fully saturated rings. The molecule has 4 atom stereocenters. The van der Waals surface area contributed by atoms with Gasteiger partial charge in [-0.1, -0.05) is 40.7 Å². The molecule has 2 aromatic rings. The van der Waals surface area contributed by atoms with Crippen molar-refractivity contribution < 1.29 is 37.9 Å². The van der Waals surface area contributed by atoms with Crippen LogP contribution in [-0.2, 0) is 30.5 Å². The molecule has 1 aliphatic rings. The summed E-state index contributed by atoms with van der Waals surface area (Å²) in [6.45, 7) is 9.15. The molecule has 1 saturated heterocycles. The minimum atomic E-state index is -1.39. The topological polar surface area (TPSA) is 173 Å². The zero-order valence-electron chi connectivity index (χ0n) is 26.7. The lowest BCUT2D eigenvalue weighted by Crippen LogP contribution is -2.59. The number of alkyl carbamates (subject to hydrolysis) is 1. The molecule has 4 amide bonds. The third kappa shape index (κ3) is 10.5. The number of ketones is 2. The number of benzene rings is 1. The maximum atomic E-state index is 13.7. The second-order valence-corrected chi connectivity index (χ2v) is 12.8. The maximum absolute atomic E-state index is 13.7. The van der Waals surface area contributed by atoms with Crippen molar-refractivity contribution in [3.63, 3.8) is 0 Å². The van der Waals surface area contributed by atoms with Gasteiger partial charge in [0.05, 0.1) is 11.7 Å². The number of Topliss-reactive ketones (excluding diaryl/α,β-unsaturated/α-hetero) is 2. The third-order valence-electron chi connectivity index (χ3n) is 7.45. The number of carbonyl (C=O) groups is 6. The molecule has 1 aromatic heterocycles. The number of aromatic nitrogens is 1. The second-order valence-electron chi connectivity index (χ2n) is 12.8. The van der Waals surface area contributed by atoms with Gasteiger partial charge in [-0.2, -0.15) is 0 Å². The van der Waals surface area contributed by atoms with E-state index in [-0.39, 0.29) is 36.8 Å². The van der Waals surface area contributed by atoms with Crippen LogP contribution in [0.15, 0.2) is 48.7 Å². The van der Waals surface area contributed by atoms with Crippen LogP contribution in [0, 0.1) is 23.1 Å². The molecule has 13 heteroatoms. The van der Waals surface area contributed by atoms with Crippen LogP contribution in [0.2, 0.25) is 0 Å². The van der Waals surface area contributed by atoms with Crippen molar-refractivity contribution in [3.05, 3.63) is 65.7 Å². The van der Waals surface area contributed by atoms with Crippen molar-refractivity contribution in [2.75, 3.05) is 6.54 Å². The molecule has 1 aliphatic heterocycles. The number of rotatable bonds is 14. The maximum Gasteiger partial charge on any atom is 0.408 e. The van der Waals surface area contributed by atoms with Gasteiger partial charge in [0.1, 0.15) is 24.5 Å². The van der Waals surface area contributed by atoms with E-state index in [1.807, 2.05) is 13.8 Å². The Labute approximate surface area is 267 Å². The molecule has 46 heavy (non-hydrogen) atoms. The Morgan fingerprint density at radius 3 is 2.22 bits per heavy atom. The standard InChI is InChI=1S/C33H42FN5O7/c1-19(2)16-25(38-31(44)28(33(3,4)5)39-32(45)46-18-23-8-6-7-14-35-23)30(43)37-24(17-21-13-15-36-29(21)42)27(41)26(40)20-9-11-22(34)12-10-20/h6-12,14,19,21,24-25,28H,13,15-18H2,1-5H3,(H,36,42)(H,37,43)(H,38,44)(H,39,45)/t21?,24?,25?,28-/m1/s1. The summed E-state index contributed by atoms with van der Waals surface area (Å²) >= 11 is 0. The summed E-state index contributed by atoms with van der Waals surface area (Å²) in [5.74, 6) is -4.93. The Morgan fingerprint density at radius 2 is 1.65 bits per heavy atom. The third-order valence-corrected chi connectivity index (χ3v) is 7.45. The van der Waals surface area contributed by atoms with Gasteiger partial charge in [-0.3, -0.25) is 29.0 Å². The molecule has 3 unspecified atom stereocenters. The quantitative estimate of drug-likeness (QED) is 0.180. The Bertz CT molecular complexity index is 1410. The second kappa shape index (κ2) is 16.1. The van der Waals surface area contributed by atoms with Gasteiger partial charge in [0.2, 0.25) is 29.3 Å². The van der Waals surface area contributed by atoms with E-state index in [0.717, 1.165) is 12.1 Å². The number of pyridine rings is 1. The fourth-order valence-corrected chi connectivity index (χ4v) is 4.98. The predicted octanol–water partition coefficient (Wildman–Crippen LogP) is 2.86. The normalized spacial score (nSPS) is 16.5. The lowest BCUT2D eigenvalue weighted by atomic mass is 9.86. The van der Waals surface area contributed by atoms with Gasteiger partial charge in [0, 0.05) is 24.2 Å². The first kappa shape index (κ1) is 35.8. The molecule has 1 aromatic carbocycles. The van der Waals surface area contributed by atoms with Crippen LogP contribution >= 0.6 is 0 Å². The molecule has 0 radical (unpaired) electrons. The van der Waals surface area contributed by atoms with E-state index >= 15 is 0 Å². The van der Waals surface area contributed by atoms with Gasteiger partial charge in [-0.05, 0) is 67.0 Å². The Balaban J connectivity index is 1.78. The van der Waals surface area contributed by atoms with E-state index in [1.54, 1.807) is 45.2 Å². The average Bonchev–Trinajstić information content (AvgIpc) is 3.41. The molecule has 248 valence electrons. The first-order valence-corrected chi connectivity index (χ1v) is 15.2. The first-order valence-electron chi connectivity index (χ1n) is 15.2. The van der Waals surface area contributed by atoms with Crippen molar-refractivity contribution in [1.29, 1.82) is 0 Å². The van der Waals surface area contributed by atoms with Crippen LogP contribution in [-0.4, -0.2) is 65.0 Å². The fourth-order valence-electron chi connectivity index (χ4n) is 4.98. The zero-order valence-corrected chi connectivity index (χ0v) is 26.7. The summed E-state index contributed by atoms with van der Waals surface area (Å²) in [7, 11) is 0. The van der Waals surface area contributed by atoms with Gasteiger partial charge in [0.25, 0.3) is 0 Å². The fraction of sp³-hybridized carbons (Fsp3) is 0.485.